The quantitative estimate of drug-likeness (QED) is 0.462. The zero-order chi connectivity index (χ0) is 23.6. The van der Waals surface area contributed by atoms with E-state index < -0.39 is 0 Å². The number of benzene rings is 1. The SMILES string of the molecule is CC1=CC(OCc2cccc(C)c2)=C(C)CN1c1ccnc(-c2ccnc(C(C)(C)C)n2)c1. The molecule has 5 heteroatoms. The fraction of sp³-hybridized carbons (Fsp3) is 0.321. The average Bonchev–Trinajstić information content (AvgIpc) is 2.79. The number of aryl methyl sites for hydroxylation is 1. The lowest BCUT2D eigenvalue weighted by molar-refractivity contribution is 0.206. The van der Waals surface area contributed by atoms with Gasteiger partial charge in [-0.05, 0) is 56.2 Å². The normalized spacial score (nSPS) is 14.4. The molecule has 1 aromatic carbocycles. The molecule has 0 bridgehead atoms. The third kappa shape index (κ3) is 5.30. The fourth-order valence-electron chi connectivity index (χ4n) is 3.84. The predicted molar refractivity (Wildman–Crippen MR) is 134 cm³/mol. The molecule has 0 spiro atoms. The molecule has 1 aliphatic rings. The Morgan fingerprint density at radius 3 is 2.48 bits per heavy atom. The fourth-order valence-corrected chi connectivity index (χ4v) is 3.84. The maximum absolute atomic E-state index is 6.18. The summed E-state index contributed by atoms with van der Waals surface area (Å²) in [4.78, 5) is 16.1. The van der Waals surface area contributed by atoms with Gasteiger partial charge < -0.3 is 9.64 Å². The van der Waals surface area contributed by atoms with Crippen molar-refractivity contribution in [1.82, 2.24) is 15.0 Å². The summed E-state index contributed by atoms with van der Waals surface area (Å²) < 4.78 is 6.18. The van der Waals surface area contributed by atoms with E-state index in [0.717, 1.165) is 40.9 Å². The van der Waals surface area contributed by atoms with E-state index in [1.807, 2.05) is 24.5 Å². The summed E-state index contributed by atoms with van der Waals surface area (Å²) in [6, 6.07) is 14.5. The molecule has 0 saturated carbocycles. The monoisotopic (exact) mass is 440 g/mol. The second kappa shape index (κ2) is 9.18. The van der Waals surface area contributed by atoms with Gasteiger partial charge in [-0.15, -0.1) is 0 Å². The van der Waals surface area contributed by atoms with Crippen LogP contribution in [0.2, 0.25) is 0 Å². The van der Waals surface area contributed by atoms with Crippen LogP contribution < -0.4 is 4.90 Å². The van der Waals surface area contributed by atoms with Crippen molar-refractivity contribution in [3.8, 4) is 11.4 Å². The van der Waals surface area contributed by atoms with Crippen LogP contribution in [0.15, 0.2) is 78.0 Å². The molecule has 3 heterocycles. The number of hydrogen-bond acceptors (Lipinski definition) is 5. The maximum Gasteiger partial charge on any atom is 0.134 e. The second-order valence-corrected chi connectivity index (χ2v) is 9.71. The van der Waals surface area contributed by atoms with Crippen LogP contribution in [0.1, 0.15) is 51.6 Å². The predicted octanol–water partition coefficient (Wildman–Crippen LogP) is 6.36. The smallest absolute Gasteiger partial charge is 0.134 e. The van der Waals surface area contributed by atoms with Gasteiger partial charge in [0.1, 0.15) is 18.2 Å². The van der Waals surface area contributed by atoms with E-state index in [1.165, 1.54) is 16.7 Å². The third-order valence-electron chi connectivity index (χ3n) is 5.70. The van der Waals surface area contributed by atoms with E-state index in [-0.39, 0.29) is 5.41 Å². The molecule has 1 aliphatic heterocycles. The van der Waals surface area contributed by atoms with Gasteiger partial charge in [0.05, 0.1) is 11.4 Å². The van der Waals surface area contributed by atoms with Gasteiger partial charge in [-0.2, -0.15) is 0 Å². The standard InChI is InChI=1S/C28H32N4O/c1-19-8-7-9-22(14-19)18-33-26-15-21(3)32(17-20(26)2)23-10-12-29-25(16-23)24-11-13-30-27(31-24)28(4,5)6/h7-16H,17-18H2,1-6H3. The molecule has 0 amide bonds. The van der Waals surface area contributed by atoms with Crippen LogP contribution in [0.3, 0.4) is 0 Å². The summed E-state index contributed by atoms with van der Waals surface area (Å²) in [6.45, 7) is 14.0. The van der Waals surface area contributed by atoms with Crippen LogP contribution in [-0.4, -0.2) is 21.5 Å². The average molecular weight is 441 g/mol. The van der Waals surface area contributed by atoms with Gasteiger partial charge in [0.25, 0.3) is 0 Å². The van der Waals surface area contributed by atoms with Crippen molar-refractivity contribution in [3.05, 3.63) is 94.9 Å². The number of anilines is 1. The molecule has 0 radical (unpaired) electrons. The molecule has 0 aliphatic carbocycles. The Hall–Kier alpha value is -3.47. The molecule has 33 heavy (non-hydrogen) atoms. The van der Waals surface area contributed by atoms with Gasteiger partial charge in [0, 0.05) is 35.7 Å². The van der Waals surface area contributed by atoms with Crippen molar-refractivity contribution in [1.29, 1.82) is 0 Å². The highest BCUT2D eigenvalue weighted by atomic mass is 16.5. The van der Waals surface area contributed by atoms with Crippen LogP contribution in [0.5, 0.6) is 0 Å². The zero-order valence-electron chi connectivity index (χ0n) is 20.4. The first-order valence-corrected chi connectivity index (χ1v) is 11.3. The van der Waals surface area contributed by atoms with E-state index >= 15 is 0 Å². The molecule has 4 rings (SSSR count). The first kappa shape index (κ1) is 22.7. The highest BCUT2D eigenvalue weighted by Crippen LogP contribution is 2.30. The molecule has 0 atom stereocenters. The second-order valence-electron chi connectivity index (χ2n) is 9.71. The Balaban J connectivity index is 1.53. The highest BCUT2D eigenvalue weighted by molar-refractivity contribution is 5.64. The Morgan fingerprint density at radius 1 is 0.939 bits per heavy atom. The molecule has 5 nitrogen and oxygen atoms in total. The van der Waals surface area contributed by atoms with Crippen molar-refractivity contribution in [2.45, 2.75) is 53.6 Å². The van der Waals surface area contributed by atoms with E-state index in [4.69, 9.17) is 9.72 Å². The van der Waals surface area contributed by atoms with Crippen molar-refractivity contribution < 1.29 is 4.74 Å². The van der Waals surface area contributed by atoms with Gasteiger partial charge in [-0.1, -0.05) is 50.6 Å². The number of hydrogen-bond donors (Lipinski definition) is 0. The number of ether oxygens (including phenoxy) is 1. The molecule has 170 valence electrons. The Kier molecular flexibility index (Phi) is 6.32. The van der Waals surface area contributed by atoms with E-state index in [0.29, 0.717) is 6.61 Å². The van der Waals surface area contributed by atoms with Crippen LogP contribution >= 0.6 is 0 Å². The summed E-state index contributed by atoms with van der Waals surface area (Å²) in [6.07, 6.45) is 5.78. The Bertz CT molecular complexity index is 1220. The Morgan fingerprint density at radius 2 is 1.73 bits per heavy atom. The van der Waals surface area contributed by atoms with Crippen LogP contribution in [0.4, 0.5) is 5.69 Å². The van der Waals surface area contributed by atoms with Gasteiger partial charge in [0.2, 0.25) is 0 Å². The van der Waals surface area contributed by atoms with Gasteiger partial charge in [-0.3, -0.25) is 4.98 Å². The molecule has 0 fully saturated rings. The molecule has 2 aromatic heterocycles. The van der Waals surface area contributed by atoms with Gasteiger partial charge in [-0.25, -0.2) is 9.97 Å². The maximum atomic E-state index is 6.18. The number of rotatable bonds is 5. The minimum Gasteiger partial charge on any atom is -0.489 e. The van der Waals surface area contributed by atoms with Crippen molar-refractivity contribution in [3.63, 3.8) is 0 Å². The lowest BCUT2D eigenvalue weighted by Gasteiger charge is -2.31. The molecule has 0 N–H and O–H groups in total. The first-order valence-electron chi connectivity index (χ1n) is 11.3. The molecule has 0 saturated heterocycles. The first-order chi connectivity index (χ1) is 15.7. The van der Waals surface area contributed by atoms with E-state index in [9.17, 15) is 0 Å². The molecular weight excluding hydrogens is 408 g/mol. The number of nitrogens with zero attached hydrogens (tertiary/aromatic N) is 4. The summed E-state index contributed by atoms with van der Waals surface area (Å²) >= 11 is 0. The third-order valence-corrected chi connectivity index (χ3v) is 5.70. The summed E-state index contributed by atoms with van der Waals surface area (Å²) in [5.41, 5.74) is 7.41. The van der Waals surface area contributed by atoms with E-state index in [1.54, 1.807) is 0 Å². The van der Waals surface area contributed by atoms with Crippen molar-refractivity contribution in [2.75, 3.05) is 11.4 Å². The number of pyridine rings is 1. The minimum absolute atomic E-state index is 0.115. The topological polar surface area (TPSA) is 51.1 Å². The zero-order valence-corrected chi connectivity index (χ0v) is 20.4. The van der Waals surface area contributed by atoms with Crippen molar-refractivity contribution in [2.24, 2.45) is 0 Å². The summed E-state index contributed by atoms with van der Waals surface area (Å²) in [5.74, 6) is 1.76. The van der Waals surface area contributed by atoms with Crippen LogP contribution in [-0.2, 0) is 16.8 Å². The largest absolute Gasteiger partial charge is 0.489 e. The highest BCUT2D eigenvalue weighted by Gasteiger charge is 2.20. The lowest BCUT2D eigenvalue weighted by Crippen LogP contribution is -2.27. The molecule has 0 unspecified atom stereocenters. The minimum atomic E-state index is -0.115. The van der Waals surface area contributed by atoms with E-state index in [2.05, 4.69) is 92.8 Å². The summed E-state index contributed by atoms with van der Waals surface area (Å²) in [7, 11) is 0. The van der Waals surface area contributed by atoms with Crippen LogP contribution in [0, 0.1) is 6.92 Å². The number of allylic oxidation sites excluding steroid dienone is 2. The van der Waals surface area contributed by atoms with Crippen LogP contribution in [0.25, 0.3) is 11.4 Å². The van der Waals surface area contributed by atoms with Gasteiger partial charge >= 0.3 is 0 Å². The number of aromatic nitrogens is 3. The van der Waals surface area contributed by atoms with Gasteiger partial charge in [0.15, 0.2) is 0 Å². The molecule has 3 aromatic rings. The molecular formula is C28H32N4O. The van der Waals surface area contributed by atoms with Crippen molar-refractivity contribution >= 4 is 5.69 Å². The summed E-state index contributed by atoms with van der Waals surface area (Å²) in [5, 5.41) is 0. The Labute approximate surface area is 196 Å². The lowest BCUT2D eigenvalue weighted by atomic mass is 9.95.